The van der Waals surface area contributed by atoms with Gasteiger partial charge < -0.3 is 4.90 Å². The van der Waals surface area contributed by atoms with Gasteiger partial charge in [0.15, 0.2) is 5.13 Å². The molecule has 1 aliphatic rings. The Morgan fingerprint density at radius 2 is 2.08 bits per heavy atom. The Bertz CT molecular complexity index is 963. The number of aromatic nitrogens is 1. The van der Waals surface area contributed by atoms with Crippen molar-refractivity contribution in [1.82, 2.24) is 9.88 Å². The van der Waals surface area contributed by atoms with Gasteiger partial charge in [0.2, 0.25) is 0 Å². The highest BCUT2D eigenvalue weighted by Gasteiger charge is 2.26. The molecule has 0 saturated carbocycles. The van der Waals surface area contributed by atoms with Crippen LogP contribution in [0.25, 0.3) is 0 Å². The van der Waals surface area contributed by atoms with Gasteiger partial charge in [-0.25, -0.2) is 4.98 Å². The van der Waals surface area contributed by atoms with Crippen LogP contribution in [0, 0.1) is 6.92 Å². The number of aryl methyl sites for hydroxylation is 1. The number of carbonyl (C=O) groups is 2. The molecule has 0 spiro atoms. The number of fused-ring (bicyclic) bond motifs is 1. The average Bonchev–Trinajstić information content (AvgIpc) is 3.30. The molecule has 0 bridgehead atoms. The first kappa shape index (κ1) is 16.9. The van der Waals surface area contributed by atoms with Crippen LogP contribution < -0.4 is 5.32 Å². The Hall–Kier alpha value is -2.51. The van der Waals surface area contributed by atoms with E-state index in [0.29, 0.717) is 30.2 Å². The third kappa shape index (κ3) is 3.27. The summed E-state index contributed by atoms with van der Waals surface area (Å²) in [6, 6.07) is 9.43. The molecular formula is C19H17N3O2S2. The second kappa shape index (κ2) is 7.01. The summed E-state index contributed by atoms with van der Waals surface area (Å²) in [5.74, 6) is -0.101. The SMILES string of the molecule is Cc1ccccc1C(=O)N1CCc2nc(NC(=O)c3ccsc3)sc2C1. The Morgan fingerprint density at radius 3 is 2.85 bits per heavy atom. The van der Waals surface area contributed by atoms with Gasteiger partial charge in [-0.05, 0) is 30.0 Å². The first-order valence-corrected chi connectivity index (χ1v) is 10.0. The van der Waals surface area contributed by atoms with Crippen LogP contribution in [0.5, 0.6) is 0 Å². The van der Waals surface area contributed by atoms with Gasteiger partial charge in [-0.1, -0.05) is 29.5 Å². The number of thiazole rings is 1. The van der Waals surface area contributed by atoms with E-state index in [4.69, 9.17) is 0 Å². The van der Waals surface area contributed by atoms with Crippen molar-refractivity contribution < 1.29 is 9.59 Å². The van der Waals surface area contributed by atoms with Gasteiger partial charge in [-0.3, -0.25) is 14.9 Å². The van der Waals surface area contributed by atoms with E-state index in [-0.39, 0.29) is 11.8 Å². The standard InChI is InChI=1S/C19H17N3O2S2/c1-12-4-2-3-5-14(12)18(24)22-8-6-15-16(10-22)26-19(20-15)21-17(23)13-7-9-25-11-13/h2-5,7,9,11H,6,8,10H2,1H3,(H,20,21,23). The van der Waals surface area contributed by atoms with Crippen LogP contribution in [0.2, 0.25) is 0 Å². The van der Waals surface area contributed by atoms with E-state index in [0.717, 1.165) is 21.7 Å². The van der Waals surface area contributed by atoms with E-state index in [1.165, 1.54) is 22.7 Å². The minimum Gasteiger partial charge on any atom is -0.333 e. The molecule has 2 aromatic heterocycles. The van der Waals surface area contributed by atoms with Crippen molar-refractivity contribution in [2.24, 2.45) is 0 Å². The Kier molecular flexibility index (Phi) is 4.57. The molecule has 0 fully saturated rings. The fraction of sp³-hybridized carbons (Fsp3) is 0.211. The van der Waals surface area contributed by atoms with E-state index in [1.54, 1.807) is 6.07 Å². The molecule has 0 radical (unpaired) electrons. The van der Waals surface area contributed by atoms with Gasteiger partial charge >= 0.3 is 0 Å². The minimum absolute atomic E-state index is 0.0472. The van der Waals surface area contributed by atoms with Gasteiger partial charge in [-0.15, -0.1) is 0 Å². The highest BCUT2D eigenvalue weighted by atomic mass is 32.1. The van der Waals surface area contributed by atoms with E-state index in [2.05, 4.69) is 10.3 Å². The Labute approximate surface area is 159 Å². The van der Waals surface area contributed by atoms with Crippen LogP contribution in [0.15, 0.2) is 41.1 Å². The Morgan fingerprint density at radius 1 is 1.23 bits per heavy atom. The molecular weight excluding hydrogens is 366 g/mol. The third-order valence-electron chi connectivity index (χ3n) is 4.40. The summed E-state index contributed by atoms with van der Waals surface area (Å²) in [6.07, 6.45) is 0.706. The number of rotatable bonds is 3. The molecule has 0 saturated heterocycles. The summed E-state index contributed by atoms with van der Waals surface area (Å²) >= 11 is 2.93. The van der Waals surface area contributed by atoms with Crippen molar-refractivity contribution >= 4 is 39.6 Å². The van der Waals surface area contributed by atoms with Gasteiger partial charge in [0.25, 0.3) is 11.8 Å². The predicted molar refractivity (Wildman–Crippen MR) is 104 cm³/mol. The molecule has 3 aromatic rings. The maximum Gasteiger partial charge on any atom is 0.258 e. The maximum absolute atomic E-state index is 12.8. The number of benzene rings is 1. The summed E-state index contributed by atoms with van der Waals surface area (Å²) in [7, 11) is 0. The summed E-state index contributed by atoms with van der Waals surface area (Å²) in [5.41, 5.74) is 3.34. The van der Waals surface area contributed by atoms with Gasteiger partial charge in [0.1, 0.15) is 0 Å². The van der Waals surface area contributed by atoms with Crippen LogP contribution in [0.4, 0.5) is 5.13 Å². The van der Waals surface area contributed by atoms with Crippen LogP contribution in [0.3, 0.4) is 0 Å². The van der Waals surface area contributed by atoms with Crippen molar-refractivity contribution in [3.8, 4) is 0 Å². The number of thiophene rings is 1. The number of hydrogen-bond acceptors (Lipinski definition) is 5. The van der Waals surface area contributed by atoms with Crippen LogP contribution in [-0.2, 0) is 13.0 Å². The summed E-state index contributed by atoms with van der Waals surface area (Å²) < 4.78 is 0. The number of amides is 2. The smallest absolute Gasteiger partial charge is 0.258 e. The largest absolute Gasteiger partial charge is 0.333 e. The molecule has 0 atom stereocenters. The maximum atomic E-state index is 12.8. The molecule has 1 aliphatic heterocycles. The number of carbonyl (C=O) groups excluding carboxylic acids is 2. The summed E-state index contributed by atoms with van der Waals surface area (Å²) in [4.78, 5) is 32.4. The topological polar surface area (TPSA) is 62.3 Å². The number of nitrogens with one attached hydrogen (secondary N) is 1. The molecule has 26 heavy (non-hydrogen) atoms. The normalized spacial score (nSPS) is 13.3. The second-order valence-electron chi connectivity index (χ2n) is 6.15. The first-order chi connectivity index (χ1) is 12.6. The quantitative estimate of drug-likeness (QED) is 0.745. The van der Waals surface area contributed by atoms with Gasteiger partial charge in [0.05, 0.1) is 17.8 Å². The van der Waals surface area contributed by atoms with Crippen molar-refractivity contribution in [3.05, 3.63) is 68.4 Å². The Balaban J connectivity index is 1.49. The van der Waals surface area contributed by atoms with E-state index < -0.39 is 0 Å². The lowest BCUT2D eigenvalue weighted by molar-refractivity contribution is 0.0735. The van der Waals surface area contributed by atoms with Crippen molar-refractivity contribution in [2.75, 3.05) is 11.9 Å². The van der Waals surface area contributed by atoms with Gasteiger partial charge in [-0.2, -0.15) is 11.3 Å². The lowest BCUT2D eigenvalue weighted by Gasteiger charge is -2.26. The molecule has 1 N–H and O–H groups in total. The van der Waals surface area contributed by atoms with Crippen LogP contribution in [-0.4, -0.2) is 28.2 Å². The predicted octanol–water partition coefficient (Wildman–Crippen LogP) is 3.96. The molecule has 0 unspecified atom stereocenters. The fourth-order valence-electron chi connectivity index (χ4n) is 2.97. The second-order valence-corrected chi connectivity index (χ2v) is 8.01. The van der Waals surface area contributed by atoms with Crippen molar-refractivity contribution in [1.29, 1.82) is 0 Å². The molecule has 5 nitrogen and oxygen atoms in total. The molecule has 0 aliphatic carbocycles. The lowest BCUT2D eigenvalue weighted by atomic mass is 10.1. The lowest BCUT2D eigenvalue weighted by Crippen LogP contribution is -2.35. The third-order valence-corrected chi connectivity index (χ3v) is 6.08. The van der Waals surface area contributed by atoms with Crippen LogP contribution >= 0.6 is 22.7 Å². The zero-order valence-electron chi connectivity index (χ0n) is 14.2. The highest BCUT2D eigenvalue weighted by Crippen LogP contribution is 2.29. The van der Waals surface area contributed by atoms with Crippen molar-refractivity contribution in [3.63, 3.8) is 0 Å². The van der Waals surface area contributed by atoms with E-state index in [9.17, 15) is 9.59 Å². The average molecular weight is 383 g/mol. The molecule has 3 heterocycles. The summed E-state index contributed by atoms with van der Waals surface area (Å²) in [6.45, 7) is 3.13. The fourth-order valence-corrected chi connectivity index (χ4v) is 4.62. The van der Waals surface area contributed by atoms with Crippen LogP contribution in [0.1, 0.15) is 36.9 Å². The van der Waals surface area contributed by atoms with E-state index >= 15 is 0 Å². The molecule has 2 amide bonds. The zero-order valence-corrected chi connectivity index (χ0v) is 15.8. The number of nitrogens with zero attached hydrogens (tertiary/aromatic N) is 2. The van der Waals surface area contributed by atoms with Gasteiger partial charge in [0, 0.05) is 28.8 Å². The minimum atomic E-state index is -0.148. The molecule has 7 heteroatoms. The number of hydrogen-bond donors (Lipinski definition) is 1. The van der Waals surface area contributed by atoms with Crippen molar-refractivity contribution in [2.45, 2.75) is 19.9 Å². The molecule has 1 aromatic carbocycles. The summed E-state index contributed by atoms with van der Waals surface area (Å²) in [5, 5.41) is 7.13. The van der Waals surface area contributed by atoms with E-state index in [1.807, 2.05) is 46.8 Å². The monoisotopic (exact) mass is 383 g/mol. The first-order valence-electron chi connectivity index (χ1n) is 8.29. The molecule has 4 rings (SSSR count). The highest BCUT2D eigenvalue weighted by molar-refractivity contribution is 7.16. The zero-order chi connectivity index (χ0) is 18.1. The molecule has 132 valence electrons. The number of anilines is 1.